The maximum atomic E-state index is 12.0. The van der Waals surface area contributed by atoms with Crippen molar-refractivity contribution in [2.24, 2.45) is 0 Å². The van der Waals surface area contributed by atoms with E-state index in [4.69, 9.17) is 20.9 Å². The smallest absolute Gasteiger partial charge is 0.411 e. The second-order valence-corrected chi connectivity index (χ2v) is 6.46. The monoisotopic (exact) mass is 399 g/mol. The van der Waals surface area contributed by atoms with Crippen LogP contribution in [0.15, 0.2) is 59.3 Å². The number of benzene rings is 2. The molecule has 0 saturated heterocycles. The predicted octanol–water partition coefficient (Wildman–Crippen LogP) is 4.32. The number of anilines is 1. The lowest BCUT2D eigenvalue weighted by Crippen LogP contribution is -2.23. The molecule has 0 aliphatic carbocycles. The molecule has 0 saturated carbocycles. The Balaban J connectivity index is 1.46. The van der Waals surface area contributed by atoms with Crippen LogP contribution in [-0.4, -0.2) is 17.2 Å². The van der Waals surface area contributed by atoms with Crippen LogP contribution in [0.3, 0.4) is 0 Å². The molecule has 0 unspecified atom stereocenters. The number of rotatable bonds is 6. The third kappa shape index (κ3) is 5.34. The summed E-state index contributed by atoms with van der Waals surface area (Å²) in [7, 11) is 0. The molecular formula is C20H18ClN3O4. The summed E-state index contributed by atoms with van der Waals surface area (Å²) >= 11 is 5.82. The van der Waals surface area contributed by atoms with Crippen molar-refractivity contribution in [3.8, 4) is 0 Å². The zero-order valence-corrected chi connectivity index (χ0v) is 15.8. The molecule has 2 N–H and O–H groups in total. The van der Waals surface area contributed by atoms with Gasteiger partial charge in [0.15, 0.2) is 0 Å². The Labute approximate surface area is 166 Å². The number of ether oxygens (including phenoxy) is 1. The van der Waals surface area contributed by atoms with Gasteiger partial charge in [0.1, 0.15) is 18.4 Å². The van der Waals surface area contributed by atoms with Crippen molar-refractivity contribution in [2.45, 2.75) is 20.1 Å². The lowest BCUT2D eigenvalue weighted by molar-refractivity contribution is 0.0949. The minimum atomic E-state index is -0.557. The lowest BCUT2D eigenvalue weighted by Gasteiger charge is -2.09. The average Bonchev–Trinajstić information content (AvgIpc) is 3.13. The highest BCUT2D eigenvalue weighted by Crippen LogP contribution is 2.13. The quantitative estimate of drug-likeness (QED) is 0.644. The van der Waals surface area contributed by atoms with Crippen LogP contribution in [0.5, 0.6) is 0 Å². The Kier molecular flexibility index (Phi) is 6.29. The minimum Gasteiger partial charge on any atom is -0.444 e. The first-order valence-corrected chi connectivity index (χ1v) is 8.85. The van der Waals surface area contributed by atoms with E-state index in [1.54, 1.807) is 55.5 Å². The summed E-state index contributed by atoms with van der Waals surface area (Å²) in [6.07, 6.45) is 0.756. The Morgan fingerprint density at radius 2 is 1.75 bits per heavy atom. The van der Waals surface area contributed by atoms with Crippen molar-refractivity contribution >= 4 is 29.3 Å². The van der Waals surface area contributed by atoms with Gasteiger partial charge in [-0.05, 0) is 42.3 Å². The highest BCUT2D eigenvalue weighted by Gasteiger charge is 2.12. The van der Waals surface area contributed by atoms with E-state index in [0.717, 1.165) is 11.1 Å². The molecule has 0 aliphatic heterocycles. The fraction of sp³-hybridized carbons (Fsp3) is 0.150. The summed E-state index contributed by atoms with van der Waals surface area (Å²) in [5.74, 6) is -0.258. The predicted molar refractivity (Wildman–Crippen MR) is 104 cm³/mol. The van der Waals surface area contributed by atoms with E-state index in [0.29, 0.717) is 28.5 Å². The van der Waals surface area contributed by atoms with Gasteiger partial charge in [0.25, 0.3) is 5.91 Å². The number of carbonyl (C=O) groups excluding carboxylic acids is 2. The molecule has 2 aromatic carbocycles. The maximum absolute atomic E-state index is 12.0. The van der Waals surface area contributed by atoms with E-state index in [9.17, 15) is 9.59 Å². The van der Waals surface area contributed by atoms with Crippen LogP contribution in [0.4, 0.5) is 10.5 Å². The van der Waals surface area contributed by atoms with Gasteiger partial charge >= 0.3 is 6.09 Å². The molecule has 0 radical (unpaired) electrons. The fourth-order valence-corrected chi connectivity index (χ4v) is 2.50. The average molecular weight is 400 g/mol. The van der Waals surface area contributed by atoms with Crippen LogP contribution < -0.4 is 10.6 Å². The summed E-state index contributed by atoms with van der Waals surface area (Å²) < 4.78 is 9.92. The number of amides is 2. The lowest BCUT2D eigenvalue weighted by atomic mass is 10.2. The molecule has 1 heterocycles. The van der Waals surface area contributed by atoms with Crippen molar-refractivity contribution in [1.82, 2.24) is 10.5 Å². The van der Waals surface area contributed by atoms with Crippen molar-refractivity contribution in [3.63, 3.8) is 0 Å². The zero-order valence-electron chi connectivity index (χ0n) is 15.1. The molecule has 3 rings (SSSR count). The van der Waals surface area contributed by atoms with Gasteiger partial charge in [0.05, 0.1) is 5.69 Å². The Morgan fingerprint density at radius 3 is 2.39 bits per heavy atom. The Bertz CT molecular complexity index is 952. The summed E-state index contributed by atoms with van der Waals surface area (Å²) in [5.41, 5.74) is 3.25. The van der Waals surface area contributed by atoms with E-state index in [1.807, 2.05) is 0 Å². The summed E-state index contributed by atoms with van der Waals surface area (Å²) in [5, 5.41) is 9.74. The molecule has 0 aliphatic rings. The summed E-state index contributed by atoms with van der Waals surface area (Å²) in [4.78, 5) is 23.9. The molecule has 0 bridgehead atoms. The number of nitrogens with one attached hydrogen (secondary N) is 2. The second kappa shape index (κ2) is 9.05. The molecule has 8 heteroatoms. The number of carbonyl (C=O) groups is 2. The highest BCUT2D eigenvalue weighted by molar-refractivity contribution is 6.30. The summed E-state index contributed by atoms with van der Waals surface area (Å²) in [6, 6.07) is 14.1. The number of hydrogen-bond donors (Lipinski definition) is 2. The molecule has 0 fully saturated rings. The normalized spacial score (nSPS) is 10.4. The van der Waals surface area contributed by atoms with Crippen molar-refractivity contribution in [3.05, 3.63) is 82.2 Å². The third-order valence-corrected chi connectivity index (χ3v) is 4.18. The Hall–Kier alpha value is -3.32. The van der Waals surface area contributed by atoms with Crippen LogP contribution in [0.2, 0.25) is 5.02 Å². The molecule has 2 amide bonds. The van der Waals surface area contributed by atoms with Gasteiger partial charge in [-0.15, -0.1) is 0 Å². The highest BCUT2D eigenvalue weighted by atomic mass is 35.5. The summed E-state index contributed by atoms with van der Waals surface area (Å²) in [6.45, 7) is 2.19. The first-order chi connectivity index (χ1) is 13.5. The van der Waals surface area contributed by atoms with Gasteiger partial charge in [-0.25, -0.2) is 4.79 Å². The van der Waals surface area contributed by atoms with Crippen molar-refractivity contribution in [1.29, 1.82) is 0 Å². The standard InChI is InChI=1S/C20H18ClN3O4/c1-13-18(12-28-24-13)19(25)22-10-14-4-8-17(9-5-14)23-20(26)27-11-15-2-6-16(21)7-3-15/h2-9,12H,10-11H2,1H3,(H,22,25)(H,23,26). The first kappa shape index (κ1) is 19.4. The van der Waals surface area contributed by atoms with Gasteiger partial charge in [-0.3, -0.25) is 10.1 Å². The minimum absolute atomic E-state index is 0.148. The molecule has 7 nitrogen and oxygen atoms in total. The van der Waals surface area contributed by atoms with Crippen LogP contribution in [0.25, 0.3) is 0 Å². The second-order valence-electron chi connectivity index (χ2n) is 6.02. The first-order valence-electron chi connectivity index (χ1n) is 8.47. The van der Waals surface area contributed by atoms with Crippen molar-refractivity contribution < 1.29 is 18.8 Å². The van der Waals surface area contributed by atoms with Gasteiger partial charge in [0.2, 0.25) is 0 Å². The van der Waals surface area contributed by atoms with Gasteiger partial charge in [0, 0.05) is 17.3 Å². The van der Waals surface area contributed by atoms with E-state index in [2.05, 4.69) is 15.8 Å². The molecule has 28 heavy (non-hydrogen) atoms. The van der Waals surface area contributed by atoms with Crippen LogP contribution in [-0.2, 0) is 17.9 Å². The maximum Gasteiger partial charge on any atom is 0.411 e. The fourth-order valence-electron chi connectivity index (χ4n) is 2.38. The molecule has 3 aromatic rings. The zero-order chi connectivity index (χ0) is 19.9. The topological polar surface area (TPSA) is 93.5 Å². The number of aromatic nitrogens is 1. The SMILES string of the molecule is Cc1nocc1C(=O)NCc1ccc(NC(=O)OCc2ccc(Cl)cc2)cc1. The van der Waals surface area contributed by atoms with Crippen LogP contribution in [0, 0.1) is 6.92 Å². The van der Waals surface area contributed by atoms with Gasteiger partial charge in [-0.2, -0.15) is 0 Å². The largest absolute Gasteiger partial charge is 0.444 e. The number of hydrogen-bond acceptors (Lipinski definition) is 5. The Morgan fingerprint density at radius 1 is 1.07 bits per heavy atom. The molecule has 0 spiro atoms. The molecule has 144 valence electrons. The molecule has 0 atom stereocenters. The van der Waals surface area contributed by atoms with E-state index in [-0.39, 0.29) is 12.5 Å². The molecule has 1 aromatic heterocycles. The van der Waals surface area contributed by atoms with E-state index in [1.165, 1.54) is 6.26 Å². The number of halogens is 1. The van der Waals surface area contributed by atoms with Gasteiger partial charge in [-0.1, -0.05) is 41.0 Å². The van der Waals surface area contributed by atoms with Crippen LogP contribution in [0.1, 0.15) is 27.2 Å². The third-order valence-electron chi connectivity index (χ3n) is 3.93. The number of aryl methyl sites for hydroxylation is 1. The van der Waals surface area contributed by atoms with Crippen molar-refractivity contribution in [2.75, 3.05) is 5.32 Å². The van der Waals surface area contributed by atoms with Gasteiger partial charge < -0.3 is 14.6 Å². The number of nitrogens with zero attached hydrogens (tertiary/aromatic N) is 1. The van der Waals surface area contributed by atoms with E-state index >= 15 is 0 Å². The van der Waals surface area contributed by atoms with Crippen LogP contribution >= 0.6 is 11.6 Å². The molecular weight excluding hydrogens is 382 g/mol. The van der Waals surface area contributed by atoms with E-state index < -0.39 is 6.09 Å².